The van der Waals surface area contributed by atoms with Gasteiger partial charge in [-0.2, -0.15) is 12.6 Å². The summed E-state index contributed by atoms with van der Waals surface area (Å²) in [5, 5.41) is 4.91. The Morgan fingerprint density at radius 3 is 2.55 bits per heavy atom. The van der Waals surface area contributed by atoms with Crippen LogP contribution in [0, 0.1) is 0 Å². The van der Waals surface area contributed by atoms with Gasteiger partial charge < -0.3 is 21.4 Å². The molecule has 0 saturated carbocycles. The number of imidazole rings is 1. The summed E-state index contributed by atoms with van der Waals surface area (Å²) in [5.41, 5.74) is 5.84. The average molecular weight is 299 g/mol. The molecule has 1 rings (SSSR count). The Labute approximate surface area is 121 Å². The number of carbonyl (C=O) groups excluding carboxylic acids is 3. The van der Waals surface area contributed by atoms with Gasteiger partial charge in [0.05, 0.1) is 12.0 Å². The minimum atomic E-state index is -0.901. The number of amides is 3. The molecule has 1 aromatic heterocycles. The van der Waals surface area contributed by atoms with Crippen molar-refractivity contribution >= 4 is 30.4 Å². The van der Waals surface area contributed by atoms with Gasteiger partial charge in [0.1, 0.15) is 12.1 Å². The molecule has 0 aliphatic carbocycles. The molecule has 0 spiro atoms. The Kier molecular flexibility index (Phi) is 6.04. The van der Waals surface area contributed by atoms with E-state index in [0.717, 1.165) is 0 Å². The molecule has 0 bridgehead atoms. The number of hydrogen-bond donors (Lipinski definition) is 5. The van der Waals surface area contributed by atoms with Gasteiger partial charge in [0.2, 0.25) is 17.7 Å². The van der Waals surface area contributed by atoms with Gasteiger partial charge in [0.15, 0.2) is 0 Å². The minimum absolute atomic E-state index is 0.110. The topological polar surface area (TPSA) is 130 Å². The Hall–Kier alpha value is -2.03. The predicted molar refractivity (Wildman–Crippen MR) is 74.9 cm³/mol. The fraction of sp³-hybridized carbons (Fsp3) is 0.455. The number of hydrogen-bond acceptors (Lipinski definition) is 5. The molecule has 110 valence electrons. The number of aromatic amines is 1. The Bertz CT molecular complexity index is 476. The van der Waals surface area contributed by atoms with Crippen LogP contribution in [0.25, 0.3) is 0 Å². The SMILES string of the molecule is CC(=O)N[C@@H](CS)C(=O)N[C@@H](Cc1c[nH]cn1)C(N)=O. The first-order valence-corrected chi connectivity index (χ1v) is 6.52. The van der Waals surface area contributed by atoms with Crippen molar-refractivity contribution in [3.8, 4) is 0 Å². The van der Waals surface area contributed by atoms with E-state index in [1.54, 1.807) is 6.20 Å². The maximum Gasteiger partial charge on any atom is 0.244 e. The van der Waals surface area contributed by atoms with Crippen LogP contribution in [0.2, 0.25) is 0 Å². The maximum absolute atomic E-state index is 11.9. The summed E-state index contributed by atoms with van der Waals surface area (Å²) in [7, 11) is 0. The monoisotopic (exact) mass is 299 g/mol. The summed E-state index contributed by atoms with van der Waals surface area (Å²) in [4.78, 5) is 41.0. The van der Waals surface area contributed by atoms with E-state index in [4.69, 9.17) is 5.73 Å². The lowest BCUT2D eigenvalue weighted by molar-refractivity contribution is -0.130. The number of primary amides is 1. The molecule has 0 saturated heterocycles. The van der Waals surface area contributed by atoms with Crippen molar-refractivity contribution in [3.05, 3.63) is 18.2 Å². The minimum Gasteiger partial charge on any atom is -0.368 e. The maximum atomic E-state index is 11.9. The standard InChI is InChI=1S/C11H17N5O3S/c1-6(17)15-9(4-20)11(19)16-8(10(12)18)2-7-3-13-5-14-7/h3,5,8-9,20H,2,4H2,1H3,(H2,12,18)(H,13,14)(H,15,17)(H,16,19)/t8-,9-/m0/s1. The van der Waals surface area contributed by atoms with Gasteiger partial charge in [0.25, 0.3) is 0 Å². The van der Waals surface area contributed by atoms with Crippen molar-refractivity contribution < 1.29 is 14.4 Å². The number of nitrogens with zero attached hydrogens (tertiary/aromatic N) is 1. The van der Waals surface area contributed by atoms with E-state index in [0.29, 0.717) is 5.69 Å². The van der Waals surface area contributed by atoms with Gasteiger partial charge in [-0.25, -0.2) is 4.98 Å². The number of aromatic nitrogens is 2. The summed E-state index contributed by atoms with van der Waals surface area (Å²) < 4.78 is 0. The second kappa shape index (κ2) is 7.53. The van der Waals surface area contributed by atoms with Crippen LogP contribution in [0.3, 0.4) is 0 Å². The first-order chi connectivity index (χ1) is 9.43. The zero-order valence-corrected chi connectivity index (χ0v) is 11.8. The Balaban J connectivity index is 2.67. The lowest BCUT2D eigenvalue weighted by Crippen LogP contribution is -2.54. The zero-order valence-electron chi connectivity index (χ0n) is 10.9. The summed E-state index contributed by atoms with van der Waals surface area (Å²) >= 11 is 3.98. The van der Waals surface area contributed by atoms with Crippen LogP contribution >= 0.6 is 12.6 Å². The molecule has 8 nitrogen and oxygen atoms in total. The van der Waals surface area contributed by atoms with E-state index >= 15 is 0 Å². The van der Waals surface area contributed by atoms with Crippen molar-refractivity contribution in [2.45, 2.75) is 25.4 Å². The quantitative estimate of drug-likeness (QED) is 0.386. The first-order valence-electron chi connectivity index (χ1n) is 5.89. The van der Waals surface area contributed by atoms with Crippen LogP contribution in [-0.2, 0) is 20.8 Å². The molecule has 5 N–H and O–H groups in total. The molecule has 0 aliphatic heterocycles. The molecule has 1 heterocycles. The Morgan fingerprint density at radius 2 is 2.10 bits per heavy atom. The first kappa shape index (κ1) is 16.0. The van der Waals surface area contributed by atoms with Crippen LogP contribution in [0.4, 0.5) is 0 Å². The van der Waals surface area contributed by atoms with Crippen molar-refractivity contribution in [1.29, 1.82) is 0 Å². The molecule has 1 aromatic rings. The highest BCUT2D eigenvalue weighted by molar-refractivity contribution is 7.80. The highest BCUT2D eigenvalue weighted by Crippen LogP contribution is 1.99. The molecule has 9 heteroatoms. The zero-order chi connectivity index (χ0) is 15.1. The largest absolute Gasteiger partial charge is 0.368 e. The molecular formula is C11H17N5O3S. The lowest BCUT2D eigenvalue weighted by Gasteiger charge is -2.19. The van der Waals surface area contributed by atoms with E-state index in [9.17, 15) is 14.4 Å². The lowest BCUT2D eigenvalue weighted by atomic mass is 10.1. The van der Waals surface area contributed by atoms with Gasteiger partial charge >= 0.3 is 0 Å². The van der Waals surface area contributed by atoms with Gasteiger partial charge in [-0.05, 0) is 0 Å². The second-order valence-corrected chi connectivity index (χ2v) is 4.53. The van der Waals surface area contributed by atoms with Crippen molar-refractivity contribution in [1.82, 2.24) is 20.6 Å². The van der Waals surface area contributed by atoms with Crippen LogP contribution in [-0.4, -0.2) is 45.5 Å². The molecule has 0 aliphatic rings. The number of rotatable bonds is 7. The molecule has 0 fully saturated rings. The van der Waals surface area contributed by atoms with Gasteiger partial charge in [-0.3, -0.25) is 14.4 Å². The predicted octanol–water partition coefficient (Wildman–Crippen LogP) is -1.64. The van der Waals surface area contributed by atoms with Crippen LogP contribution in [0.15, 0.2) is 12.5 Å². The number of carbonyl (C=O) groups is 3. The number of H-pyrrole nitrogens is 1. The molecule has 20 heavy (non-hydrogen) atoms. The highest BCUT2D eigenvalue weighted by atomic mass is 32.1. The smallest absolute Gasteiger partial charge is 0.244 e. The van der Waals surface area contributed by atoms with Crippen molar-refractivity contribution in [2.75, 3.05) is 5.75 Å². The van der Waals surface area contributed by atoms with Gasteiger partial charge in [-0.15, -0.1) is 0 Å². The van der Waals surface area contributed by atoms with Gasteiger partial charge in [-0.1, -0.05) is 0 Å². The third kappa shape index (κ3) is 4.92. The van der Waals surface area contributed by atoms with E-state index < -0.39 is 23.9 Å². The third-order valence-corrected chi connectivity index (χ3v) is 2.87. The molecular weight excluding hydrogens is 282 g/mol. The number of nitrogens with one attached hydrogen (secondary N) is 3. The van der Waals surface area contributed by atoms with Crippen LogP contribution in [0.1, 0.15) is 12.6 Å². The highest BCUT2D eigenvalue weighted by Gasteiger charge is 2.24. The summed E-state index contributed by atoms with van der Waals surface area (Å²) in [5.74, 6) is -1.45. The fourth-order valence-corrected chi connectivity index (χ4v) is 1.80. The molecule has 3 amide bonds. The van der Waals surface area contributed by atoms with E-state index in [1.807, 2.05) is 0 Å². The summed E-state index contributed by atoms with van der Waals surface area (Å²) in [6.45, 7) is 1.29. The van der Waals surface area contributed by atoms with Crippen molar-refractivity contribution in [2.24, 2.45) is 5.73 Å². The molecule has 0 unspecified atom stereocenters. The Morgan fingerprint density at radius 1 is 1.40 bits per heavy atom. The molecule has 0 aromatic carbocycles. The molecule has 0 radical (unpaired) electrons. The van der Waals surface area contributed by atoms with E-state index in [2.05, 4.69) is 33.2 Å². The van der Waals surface area contributed by atoms with E-state index in [1.165, 1.54) is 13.3 Å². The van der Waals surface area contributed by atoms with Crippen LogP contribution < -0.4 is 16.4 Å². The third-order valence-electron chi connectivity index (χ3n) is 2.50. The molecule has 2 atom stereocenters. The average Bonchev–Trinajstić information content (AvgIpc) is 2.87. The fourth-order valence-electron chi connectivity index (χ4n) is 1.55. The number of thiol groups is 1. The normalized spacial score (nSPS) is 13.3. The van der Waals surface area contributed by atoms with Gasteiger partial charge in [0, 0.05) is 25.3 Å². The summed E-state index contributed by atoms with van der Waals surface area (Å²) in [6.07, 6.45) is 3.24. The van der Waals surface area contributed by atoms with Crippen molar-refractivity contribution in [3.63, 3.8) is 0 Å². The van der Waals surface area contributed by atoms with E-state index in [-0.39, 0.29) is 18.1 Å². The second-order valence-electron chi connectivity index (χ2n) is 4.16. The number of nitrogens with two attached hydrogens (primary N) is 1. The van der Waals surface area contributed by atoms with Crippen LogP contribution in [0.5, 0.6) is 0 Å². The summed E-state index contributed by atoms with van der Waals surface area (Å²) in [6, 6.07) is -1.72.